The molecule has 0 aliphatic rings. The van der Waals surface area contributed by atoms with Gasteiger partial charge in [0.1, 0.15) is 5.76 Å². The van der Waals surface area contributed by atoms with Crippen molar-refractivity contribution in [2.24, 2.45) is 0 Å². The van der Waals surface area contributed by atoms with Crippen LogP contribution in [0.3, 0.4) is 0 Å². The molecule has 2 N–H and O–H groups in total. The van der Waals surface area contributed by atoms with E-state index in [1.807, 2.05) is 31.2 Å². The lowest BCUT2D eigenvalue weighted by molar-refractivity contribution is -0.121. The Hall–Kier alpha value is -2.14. The first-order valence-electron chi connectivity index (χ1n) is 6.93. The van der Waals surface area contributed by atoms with Crippen molar-refractivity contribution in [2.45, 2.75) is 33.2 Å². The second-order valence-corrected chi connectivity index (χ2v) is 5.22. The number of carbonyl (C=O) groups excluding carboxylic acids is 1. The summed E-state index contributed by atoms with van der Waals surface area (Å²) in [5.41, 5.74) is 2.67. The Balaban J connectivity index is 2.12. The second-order valence-electron chi connectivity index (χ2n) is 5.22. The lowest BCUT2D eigenvalue weighted by atomic mass is 10.1. The Bertz CT molecular complexity index is 617. The van der Waals surface area contributed by atoms with Gasteiger partial charge in [-0.1, -0.05) is 17.7 Å². The van der Waals surface area contributed by atoms with Crippen LogP contribution in [0.4, 0.5) is 0 Å². The summed E-state index contributed by atoms with van der Waals surface area (Å²) in [5.74, 6) is 0.978. The Morgan fingerprint density at radius 2 is 2.00 bits per heavy atom. The number of rotatable bonds is 5. The quantitative estimate of drug-likeness (QED) is 0.882. The minimum atomic E-state index is -0.263. The van der Waals surface area contributed by atoms with Crippen LogP contribution in [0.15, 0.2) is 28.7 Å². The summed E-state index contributed by atoms with van der Waals surface area (Å²) < 4.78 is 5.63. The summed E-state index contributed by atoms with van der Waals surface area (Å²) in [6, 6.07) is 7.60. The largest absolute Gasteiger partial charge is 0.441 e. The molecule has 2 aromatic rings. The smallest absolute Gasteiger partial charge is 0.226 e. The molecule has 1 heterocycles. The van der Waals surface area contributed by atoms with Crippen molar-refractivity contribution in [1.29, 1.82) is 0 Å². The van der Waals surface area contributed by atoms with Gasteiger partial charge in [0.2, 0.25) is 11.8 Å². The molecule has 2 rings (SSSR count). The number of aliphatic hydroxyl groups excluding tert-OH is 1. The van der Waals surface area contributed by atoms with Crippen molar-refractivity contribution in [2.75, 3.05) is 6.61 Å². The number of amides is 1. The molecule has 0 radical (unpaired) electrons. The van der Waals surface area contributed by atoms with Crippen molar-refractivity contribution >= 4 is 5.91 Å². The van der Waals surface area contributed by atoms with Crippen LogP contribution in [0, 0.1) is 13.8 Å². The fourth-order valence-electron chi connectivity index (χ4n) is 1.94. The maximum absolute atomic E-state index is 11.8. The molecule has 0 saturated carbocycles. The summed E-state index contributed by atoms with van der Waals surface area (Å²) in [6.07, 6.45) is 0.144. The van der Waals surface area contributed by atoms with Crippen molar-refractivity contribution < 1.29 is 14.3 Å². The van der Waals surface area contributed by atoms with Crippen molar-refractivity contribution in [3.63, 3.8) is 0 Å². The van der Waals surface area contributed by atoms with Gasteiger partial charge in [-0.05, 0) is 32.9 Å². The van der Waals surface area contributed by atoms with E-state index in [-0.39, 0.29) is 25.0 Å². The van der Waals surface area contributed by atoms with E-state index < -0.39 is 0 Å². The molecule has 1 aromatic carbocycles. The number of nitrogens with one attached hydrogen (secondary N) is 1. The van der Waals surface area contributed by atoms with E-state index in [4.69, 9.17) is 9.52 Å². The number of oxazole rings is 1. The number of aryl methyl sites for hydroxylation is 2. The summed E-state index contributed by atoms with van der Waals surface area (Å²) in [4.78, 5) is 16.2. The molecule has 1 unspecified atom stereocenters. The third kappa shape index (κ3) is 3.92. The standard InChI is InChI=1S/C16H20N2O3/c1-10-4-6-13(7-5-10)16-18-14(12(3)21-16)8-15(20)17-11(2)9-19/h4-7,11,19H,8-9H2,1-3H3,(H,17,20). The van der Waals surface area contributed by atoms with Gasteiger partial charge in [0.25, 0.3) is 0 Å². The van der Waals surface area contributed by atoms with Gasteiger partial charge in [0.15, 0.2) is 0 Å². The average molecular weight is 288 g/mol. The van der Waals surface area contributed by atoms with Crippen LogP contribution in [-0.2, 0) is 11.2 Å². The zero-order valence-corrected chi connectivity index (χ0v) is 12.5. The Labute approximate surface area is 124 Å². The number of carbonyl (C=O) groups is 1. The topological polar surface area (TPSA) is 75.4 Å². The summed E-state index contributed by atoms with van der Waals surface area (Å²) in [7, 11) is 0. The molecule has 0 aliphatic carbocycles. The fraction of sp³-hybridized carbons (Fsp3) is 0.375. The zero-order valence-electron chi connectivity index (χ0n) is 12.5. The molecule has 5 nitrogen and oxygen atoms in total. The predicted octanol–water partition coefficient (Wildman–Crippen LogP) is 2.00. The Morgan fingerprint density at radius 1 is 1.33 bits per heavy atom. The molecule has 5 heteroatoms. The van der Waals surface area contributed by atoms with Gasteiger partial charge in [-0.3, -0.25) is 4.79 Å². The number of benzene rings is 1. The van der Waals surface area contributed by atoms with E-state index in [1.165, 1.54) is 5.56 Å². The average Bonchev–Trinajstić information content (AvgIpc) is 2.80. The molecule has 0 saturated heterocycles. The van der Waals surface area contributed by atoms with Crippen LogP contribution in [0.25, 0.3) is 11.5 Å². The summed E-state index contributed by atoms with van der Waals surface area (Å²) in [6.45, 7) is 5.47. The molecular weight excluding hydrogens is 268 g/mol. The molecule has 0 spiro atoms. The minimum Gasteiger partial charge on any atom is -0.441 e. The van der Waals surface area contributed by atoms with Crippen LogP contribution >= 0.6 is 0 Å². The number of aromatic nitrogens is 1. The third-order valence-electron chi connectivity index (χ3n) is 3.20. The van der Waals surface area contributed by atoms with E-state index in [0.29, 0.717) is 17.3 Å². The minimum absolute atomic E-state index is 0.0852. The van der Waals surface area contributed by atoms with Crippen LogP contribution in [0.5, 0.6) is 0 Å². The number of hydrogen-bond acceptors (Lipinski definition) is 4. The molecule has 1 aromatic heterocycles. The van der Waals surface area contributed by atoms with Gasteiger partial charge in [0, 0.05) is 11.6 Å². The van der Waals surface area contributed by atoms with Crippen LogP contribution < -0.4 is 5.32 Å². The molecule has 0 bridgehead atoms. The number of nitrogens with zero attached hydrogens (tertiary/aromatic N) is 1. The molecule has 1 atom stereocenters. The van der Waals surface area contributed by atoms with Gasteiger partial charge in [-0.25, -0.2) is 4.98 Å². The maximum Gasteiger partial charge on any atom is 0.226 e. The first kappa shape index (κ1) is 15.3. The molecule has 112 valence electrons. The molecule has 21 heavy (non-hydrogen) atoms. The fourth-order valence-corrected chi connectivity index (χ4v) is 1.94. The van der Waals surface area contributed by atoms with Crippen LogP contribution in [-0.4, -0.2) is 28.6 Å². The monoisotopic (exact) mass is 288 g/mol. The Morgan fingerprint density at radius 3 is 2.62 bits per heavy atom. The summed E-state index contributed by atoms with van der Waals surface area (Å²) in [5, 5.41) is 11.6. The van der Waals surface area contributed by atoms with E-state index >= 15 is 0 Å². The molecular formula is C16H20N2O3. The first-order valence-corrected chi connectivity index (χ1v) is 6.93. The second kappa shape index (κ2) is 6.54. The molecule has 0 fully saturated rings. The van der Waals surface area contributed by atoms with E-state index in [0.717, 1.165) is 5.56 Å². The lowest BCUT2D eigenvalue weighted by Crippen LogP contribution is -2.36. The van der Waals surface area contributed by atoms with Crippen LogP contribution in [0.1, 0.15) is 23.9 Å². The third-order valence-corrected chi connectivity index (χ3v) is 3.20. The van der Waals surface area contributed by atoms with E-state index in [1.54, 1.807) is 13.8 Å². The normalized spacial score (nSPS) is 12.2. The van der Waals surface area contributed by atoms with E-state index in [2.05, 4.69) is 10.3 Å². The summed E-state index contributed by atoms with van der Waals surface area (Å²) >= 11 is 0. The molecule has 0 aliphatic heterocycles. The first-order chi connectivity index (χ1) is 9.99. The zero-order chi connectivity index (χ0) is 15.4. The highest BCUT2D eigenvalue weighted by Gasteiger charge is 2.15. The number of hydrogen-bond donors (Lipinski definition) is 2. The number of aliphatic hydroxyl groups is 1. The SMILES string of the molecule is Cc1ccc(-c2nc(CC(=O)NC(C)CO)c(C)o2)cc1. The van der Waals surface area contributed by atoms with Crippen molar-refractivity contribution in [3.8, 4) is 11.5 Å². The maximum atomic E-state index is 11.8. The van der Waals surface area contributed by atoms with Crippen molar-refractivity contribution in [3.05, 3.63) is 41.3 Å². The van der Waals surface area contributed by atoms with Gasteiger partial charge < -0.3 is 14.8 Å². The predicted molar refractivity (Wildman–Crippen MR) is 79.8 cm³/mol. The van der Waals surface area contributed by atoms with Gasteiger partial charge in [0.05, 0.1) is 18.7 Å². The van der Waals surface area contributed by atoms with Gasteiger partial charge >= 0.3 is 0 Å². The van der Waals surface area contributed by atoms with Gasteiger partial charge in [-0.15, -0.1) is 0 Å². The van der Waals surface area contributed by atoms with Crippen LogP contribution in [0.2, 0.25) is 0 Å². The molecule has 1 amide bonds. The van der Waals surface area contributed by atoms with Gasteiger partial charge in [-0.2, -0.15) is 0 Å². The Kier molecular flexibility index (Phi) is 4.75. The van der Waals surface area contributed by atoms with Crippen molar-refractivity contribution in [1.82, 2.24) is 10.3 Å². The van der Waals surface area contributed by atoms with E-state index in [9.17, 15) is 4.79 Å². The highest BCUT2D eigenvalue weighted by Crippen LogP contribution is 2.22. The lowest BCUT2D eigenvalue weighted by Gasteiger charge is -2.09. The highest BCUT2D eigenvalue weighted by molar-refractivity contribution is 5.78. The highest BCUT2D eigenvalue weighted by atomic mass is 16.4.